The van der Waals surface area contributed by atoms with E-state index in [9.17, 15) is 5.26 Å². The standard InChI is InChI=1S/C17H12ClN3S/c1-21-17(22-15-10-6-5-9-14(15)18)13(11-19)16(20-21)12-7-3-2-4-8-12/h2-10H,1H3. The Hall–Kier alpha value is -2.22. The molecule has 0 atom stereocenters. The van der Waals surface area contributed by atoms with Gasteiger partial charge in [-0.05, 0) is 12.1 Å². The van der Waals surface area contributed by atoms with Crippen molar-refractivity contribution in [3.63, 3.8) is 0 Å². The number of aryl methyl sites for hydroxylation is 1. The van der Waals surface area contributed by atoms with Gasteiger partial charge in [0.1, 0.15) is 22.4 Å². The zero-order valence-electron chi connectivity index (χ0n) is 11.8. The van der Waals surface area contributed by atoms with Gasteiger partial charge in [-0.3, -0.25) is 4.68 Å². The molecule has 1 heterocycles. The van der Waals surface area contributed by atoms with Crippen LogP contribution in [0.15, 0.2) is 64.5 Å². The van der Waals surface area contributed by atoms with Gasteiger partial charge in [-0.1, -0.05) is 65.8 Å². The smallest absolute Gasteiger partial charge is 0.117 e. The van der Waals surface area contributed by atoms with E-state index in [0.29, 0.717) is 16.3 Å². The van der Waals surface area contributed by atoms with E-state index in [2.05, 4.69) is 11.2 Å². The van der Waals surface area contributed by atoms with Crippen molar-refractivity contribution in [2.45, 2.75) is 9.92 Å². The average molecular weight is 326 g/mol. The van der Waals surface area contributed by atoms with Crippen LogP contribution >= 0.6 is 23.4 Å². The minimum absolute atomic E-state index is 0.568. The molecule has 1 aromatic heterocycles. The highest BCUT2D eigenvalue weighted by molar-refractivity contribution is 7.99. The molecule has 3 aromatic rings. The number of benzene rings is 2. The maximum atomic E-state index is 9.57. The molecule has 3 rings (SSSR count). The summed E-state index contributed by atoms with van der Waals surface area (Å²) >= 11 is 7.67. The molecule has 0 aliphatic rings. The van der Waals surface area contributed by atoms with Crippen molar-refractivity contribution < 1.29 is 0 Å². The van der Waals surface area contributed by atoms with Gasteiger partial charge in [0.15, 0.2) is 0 Å². The molecule has 0 unspecified atom stereocenters. The third-order valence-electron chi connectivity index (χ3n) is 3.20. The second-order valence-corrected chi connectivity index (χ2v) is 6.10. The van der Waals surface area contributed by atoms with Crippen LogP contribution in [0, 0.1) is 11.3 Å². The fourth-order valence-electron chi connectivity index (χ4n) is 2.16. The predicted molar refractivity (Wildman–Crippen MR) is 88.9 cm³/mol. The van der Waals surface area contributed by atoms with Crippen molar-refractivity contribution in [3.8, 4) is 17.3 Å². The zero-order chi connectivity index (χ0) is 15.5. The molecule has 0 aliphatic heterocycles. The third kappa shape index (κ3) is 2.74. The summed E-state index contributed by atoms with van der Waals surface area (Å²) in [6, 6.07) is 19.6. The second kappa shape index (κ2) is 6.27. The van der Waals surface area contributed by atoms with Crippen LogP contribution in [0.5, 0.6) is 0 Å². The average Bonchev–Trinajstić information content (AvgIpc) is 2.86. The molecule has 0 fully saturated rings. The normalized spacial score (nSPS) is 10.4. The summed E-state index contributed by atoms with van der Waals surface area (Å²) in [6.07, 6.45) is 0. The number of hydrogen-bond acceptors (Lipinski definition) is 3. The van der Waals surface area contributed by atoms with E-state index in [4.69, 9.17) is 11.6 Å². The van der Waals surface area contributed by atoms with Crippen molar-refractivity contribution in [1.29, 1.82) is 5.26 Å². The van der Waals surface area contributed by atoms with Crippen molar-refractivity contribution in [2.24, 2.45) is 7.05 Å². The monoisotopic (exact) mass is 325 g/mol. The van der Waals surface area contributed by atoms with Crippen LogP contribution in [0.4, 0.5) is 0 Å². The molecular weight excluding hydrogens is 314 g/mol. The van der Waals surface area contributed by atoms with E-state index in [1.54, 1.807) is 4.68 Å². The van der Waals surface area contributed by atoms with Gasteiger partial charge in [0.25, 0.3) is 0 Å². The molecule has 0 spiro atoms. The number of nitrogens with zero attached hydrogens (tertiary/aromatic N) is 3. The first kappa shape index (κ1) is 14.7. The van der Waals surface area contributed by atoms with E-state index in [-0.39, 0.29) is 0 Å². The second-order valence-electron chi connectivity index (χ2n) is 4.66. The summed E-state index contributed by atoms with van der Waals surface area (Å²) in [4.78, 5) is 0.906. The molecule has 0 aliphatic carbocycles. The van der Waals surface area contributed by atoms with E-state index in [1.807, 2.05) is 61.6 Å². The lowest BCUT2D eigenvalue weighted by Gasteiger charge is -2.04. The predicted octanol–water partition coefficient (Wildman–Crippen LogP) is 4.76. The van der Waals surface area contributed by atoms with Crippen LogP contribution in [0.25, 0.3) is 11.3 Å². The number of rotatable bonds is 3. The van der Waals surface area contributed by atoms with E-state index in [0.717, 1.165) is 15.5 Å². The Morgan fingerprint density at radius 2 is 1.77 bits per heavy atom. The fraction of sp³-hybridized carbons (Fsp3) is 0.0588. The SMILES string of the molecule is Cn1nc(-c2ccccc2)c(C#N)c1Sc1ccccc1Cl. The third-order valence-corrected chi connectivity index (χ3v) is 4.88. The van der Waals surface area contributed by atoms with Gasteiger partial charge in [0.2, 0.25) is 0 Å². The lowest BCUT2D eigenvalue weighted by atomic mass is 10.1. The summed E-state index contributed by atoms with van der Waals surface area (Å²) in [5.41, 5.74) is 2.19. The maximum absolute atomic E-state index is 9.57. The summed E-state index contributed by atoms with van der Waals surface area (Å²) in [6.45, 7) is 0. The molecule has 0 N–H and O–H groups in total. The molecule has 0 saturated carbocycles. The Kier molecular flexibility index (Phi) is 4.19. The summed E-state index contributed by atoms with van der Waals surface area (Å²) in [5.74, 6) is 0. The summed E-state index contributed by atoms with van der Waals surface area (Å²) < 4.78 is 1.73. The van der Waals surface area contributed by atoms with Gasteiger partial charge in [-0.25, -0.2) is 0 Å². The Balaban J connectivity index is 2.08. The first-order valence-electron chi connectivity index (χ1n) is 6.65. The molecule has 0 amide bonds. The highest BCUT2D eigenvalue weighted by atomic mass is 35.5. The van der Waals surface area contributed by atoms with Gasteiger partial charge in [0, 0.05) is 17.5 Å². The van der Waals surface area contributed by atoms with Crippen molar-refractivity contribution in [3.05, 3.63) is 65.2 Å². The Morgan fingerprint density at radius 1 is 1.09 bits per heavy atom. The number of nitriles is 1. The van der Waals surface area contributed by atoms with Gasteiger partial charge in [-0.2, -0.15) is 10.4 Å². The van der Waals surface area contributed by atoms with Gasteiger partial charge < -0.3 is 0 Å². The first-order chi connectivity index (χ1) is 10.7. The molecule has 0 radical (unpaired) electrons. The van der Waals surface area contributed by atoms with Crippen LogP contribution in [0.1, 0.15) is 5.56 Å². The van der Waals surface area contributed by atoms with Crippen LogP contribution < -0.4 is 0 Å². The van der Waals surface area contributed by atoms with Gasteiger partial charge in [-0.15, -0.1) is 0 Å². The summed E-state index contributed by atoms with van der Waals surface area (Å²) in [5, 5.41) is 15.5. The molecule has 22 heavy (non-hydrogen) atoms. The molecule has 5 heteroatoms. The van der Waals surface area contributed by atoms with Crippen molar-refractivity contribution in [1.82, 2.24) is 9.78 Å². The lowest BCUT2D eigenvalue weighted by Crippen LogP contribution is -1.93. The van der Waals surface area contributed by atoms with E-state index in [1.165, 1.54) is 11.8 Å². The molecule has 108 valence electrons. The minimum Gasteiger partial charge on any atom is -0.260 e. The minimum atomic E-state index is 0.568. The first-order valence-corrected chi connectivity index (χ1v) is 7.85. The van der Waals surface area contributed by atoms with Gasteiger partial charge in [0.05, 0.1) is 5.02 Å². The number of hydrogen-bond donors (Lipinski definition) is 0. The highest BCUT2D eigenvalue weighted by Crippen LogP contribution is 2.37. The maximum Gasteiger partial charge on any atom is 0.117 e. The highest BCUT2D eigenvalue weighted by Gasteiger charge is 2.19. The Bertz CT molecular complexity index is 850. The molecular formula is C17H12ClN3S. The Morgan fingerprint density at radius 3 is 2.45 bits per heavy atom. The van der Waals surface area contributed by atoms with Crippen LogP contribution in [0.3, 0.4) is 0 Å². The van der Waals surface area contributed by atoms with E-state index < -0.39 is 0 Å². The molecule has 3 nitrogen and oxygen atoms in total. The number of aromatic nitrogens is 2. The molecule has 0 bridgehead atoms. The van der Waals surface area contributed by atoms with E-state index >= 15 is 0 Å². The molecule has 0 saturated heterocycles. The zero-order valence-corrected chi connectivity index (χ0v) is 13.4. The topological polar surface area (TPSA) is 41.6 Å². The summed E-state index contributed by atoms with van der Waals surface area (Å²) in [7, 11) is 1.84. The van der Waals surface area contributed by atoms with Crippen LogP contribution in [-0.4, -0.2) is 9.78 Å². The van der Waals surface area contributed by atoms with Gasteiger partial charge >= 0.3 is 0 Å². The van der Waals surface area contributed by atoms with Crippen LogP contribution in [0.2, 0.25) is 5.02 Å². The fourth-order valence-corrected chi connectivity index (χ4v) is 3.35. The van der Waals surface area contributed by atoms with Crippen molar-refractivity contribution >= 4 is 23.4 Å². The molecule has 2 aromatic carbocycles. The van der Waals surface area contributed by atoms with Crippen LogP contribution in [-0.2, 0) is 7.05 Å². The quantitative estimate of drug-likeness (QED) is 0.697. The largest absolute Gasteiger partial charge is 0.260 e. The number of halogens is 1. The van der Waals surface area contributed by atoms with Crippen molar-refractivity contribution in [2.75, 3.05) is 0 Å². The Labute approximate surface area is 138 Å². The lowest BCUT2D eigenvalue weighted by molar-refractivity contribution is 0.700.